The van der Waals surface area contributed by atoms with Crippen molar-refractivity contribution in [3.63, 3.8) is 0 Å². The van der Waals surface area contributed by atoms with Crippen molar-refractivity contribution in [1.82, 2.24) is 5.32 Å². The summed E-state index contributed by atoms with van der Waals surface area (Å²) >= 11 is 0. The summed E-state index contributed by atoms with van der Waals surface area (Å²) in [5.41, 5.74) is 3.13. The molecule has 1 aromatic carbocycles. The zero-order valence-electron chi connectivity index (χ0n) is 15.6. The molecule has 7 nitrogen and oxygen atoms in total. The quantitative estimate of drug-likeness (QED) is 0.670. The van der Waals surface area contributed by atoms with Crippen LogP contribution in [0.1, 0.15) is 41.7 Å². The largest absolute Gasteiger partial charge is 0.548 e. The molecule has 3 aromatic rings. The summed E-state index contributed by atoms with van der Waals surface area (Å²) < 4.78 is 11.5. The number of furan rings is 1. The van der Waals surface area contributed by atoms with Crippen molar-refractivity contribution in [3.8, 4) is 0 Å². The van der Waals surface area contributed by atoms with Crippen LogP contribution >= 0.6 is 0 Å². The fourth-order valence-corrected chi connectivity index (χ4v) is 3.93. The van der Waals surface area contributed by atoms with Gasteiger partial charge in [-0.2, -0.15) is 0 Å². The molecule has 28 heavy (non-hydrogen) atoms. The predicted molar refractivity (Wildman–Crippen MR) is 100.0 cm³/mol. The molecular formula is C21H20NO6-. The molecule has 146 valence electrons. The van der Waals surface area contributed by atoms with Crippen molar-refractivity contribution >= 4 is 33.8 Å². The van der Waals surface area contributed by atoms with Crippen LogP contribution in [0.3, 0.4) is 0 Å². The van der Waals surface area contributed by atoms with Crippen molar-refractivity contribution in [2.45, 2.75) is 45.4 Å². The number of amides is 1. The topological polar surface area (TPSA) is 113 Å². The Morgan fingerprint density at radius 1 is 1.11 bits per heavy atom. The first-order chi connectivity index (χ1) is 13.4. The lowest BCUT2D eigenvalue weighted by molar-refractivity contribution is -0.304. The molecule has 7 heteroatoms. The van der Waals surface area contributed by atoms with Crippen LogP contribution in [-0.4, -0.2) is 18.4 Å². The van der Waals surface area contributed by atoms with Gasteiger partial charge in [-0.25, -0.2) is 4.79 Å². The van der Waals surface area contributed by atoms with Crippen molar-refractivity contribution in [2.75, 3.05) is 6.54 Å². The smallest absolute Gasteiger partial charge is 0.339 e. The summed E-state index contributed by atoms with van der Waals surface area (Å²) in [7, 11) is 0. The fraction of sp³-hybridized carbons (Fsp3) is 0.381. The molecule has 0 unspecified atom stereocenters. The number of hydrogen-bond donors (Lipinski definition) is 1. The highest BCUT2D eigenvalue weighted by Gasteiger charge is 2.20. The lowest BCUT2D eigenvalue weighted by Crippen LogP contribution is -2.37. The van der Waals surface area contributed by atoms with Crippen molar-refractivity contribution in [2.24, 2.45) is 0 Å². The van der Waals surface area contributed by atoms with Crippen LogP contribution in [-0.2, 0) is 28.9 Å². The zero-order chi connectivity index (χ0) is 19.8. The lowest BCUT2D eigenvalue weighted by Gasteiger charge is -2.10. The molecule has 0 saturated heterocycles. The maximum atomic E-state index is 12.4. The minimum Gasteiger partial charge on any atom is -0.548 e. The molecule has 1 N–H and O–H groups in total. The van der Waals surface area contributed by atoms with Gasteiger partial charge < -0.3 is 24.1 Å². The van der Waals surface area contributed by atoms with E-state index in [9.17, 15) is 19.5 Å². The van der Waals surface area contributed by atoms with E-state index in [2.05, 4.69) is 5.32 Å². The summed E-state index contributed by atoms with van der Waals surface area (Å²) in [5.74, 6) is -0.800. The third-order valence-corrected chi connectivity index (χ3v) is 5.39. The Morgan fingerprint density at radius 3 is 2.64 bits per heavy atom. The van der Waals surface area contributed by atoms with E-state index < -0.39 is 24.0 Å². The predicted octanol–water partition coefficient (Wildman–Crippen LogP) is 1.53. The number of rotatable bonds is 5. The molecule has 1 aliphatic carbocycles. The normalized spacial score (nSPS) is 13.6. The molecule has 2 heterocycles. The molecule has 0 radical (unpaired) electrons. The van der Waals surface area contributed by atoms with Crippen LogP contribution in [0.2, 0.25) is 0 Å². The Labute approximate surface area is 160 Å². The summed E-state index contributed by atoms with van der Waals surface area (Å²) in [4.78, 5) is 34.6. The average Bonchev–Trinajstić information content (AvgIpc) is 3.02. The van der Waals surface area contributed by atoms with E-state index >= 15 is 0 Å². The van der Waals surface area contributed by atoms with Gasteiger partial charge in [0.05, 0.1) is 12.5 Å². The minimum atomic E-state index is -1.36. The van der Waals surface area contributed by atoms with E-state index in [0.717, 1.165) is 53.4 Å². The molecule has 0 bridgehead atoms. The van der Waals surface area contributed by atoms with E-state index in [-0.39, 0.29) is 12.8 Å². The molecule has 1 aliphatic rings. The summed E-state index contributed by atoms with van der Waals surface area (Å²) in [6.45, 7) is 1.29. The number of carboxylic acid groups (broad SMARTS) is 1. The highest BCUT2D eigenvalue weighted by Crippen LogP contribution is 2.35. The second-order valence-corrected chi connectivity index (χ2v) is 7.20. The molecule has 0 saturated carbocycles. The molecule has 0 aliphatic heterocycles. The van der Waals surface area contributed by atoms with Crippen molar-refractivity contribution in [3.05, 3.63) is 45.0 Å². The third kappa shape index (κ3) is 3.28. The Hall–Kier alpha value is -3.09. The van der Waals surface area contributed by atoms with Gasteiger partial charge in [0.25, 0.3) is 0 Å². The average molecular weight is 382 g/mol. The highest BCUT2D eigenvalue weighted by molar-refractivity contribution is 5.97. The maximum absolute atomic E-state index is 12.4. The Kier molecular flexibility index (Phi) is 4.66. The molecule has 0 atom stereocenters. The molecular weight excluding hydrogens is 362 g/mol. The van der Waals surface area contributed by atoms with Gasteiger partial charge in [-0.15, -0.1) is 0 Å². The van der Waals surface area contributed by atoms with E-state index in [0.29, 0.717) is 11.1 Å². The number of fused-ring (bicyclic) bond motifs is 4. The Balaban J connectivity index is 1.70. The third-order valence-electron chi connectivity index (χ3n) is 5.39. The first kappa shape index (κ1) is 18.3. The van der Waals surface area contributed by atoms with E-state index in [1.165, 1.54) is 5.56 Å². The van der Waals surface area contributed by atoms with Gasteiger partial charge in [0, 0.05) is 40.8 Å². The number of aryl methyl sites for hydroxylation is 3. The van der Waals surface area contributed by atoms with Crippen LogP contribution < -0.4 is 16.0 Å². The van der Waals surface area contributed by atoms with Gasteiger partial charge in [-0.3, -0.25) is 4.79 Å². The maximum Gasteiger partial charge on any atom is 0.339 e. The van der Waals surface area contributed by atoms with E-state index in [4.69, 9.17) is 8.83 Å². The second-order valence-electron chi connectivity index (χ2n) is 7.20. The first-order valence-electron chi connectivity index (χ1n) is 9.41. The lowest BCUT2D eigenvalue weighted by atomic mass is 9.94. The van der Waals surface area contributed by atoms with Crippen molar-refractivity contribution in [1.29, 1.82) is 0 Å². The number of carboxylic acids is 1. The summed E-state index contributed by atoms with van der Waals surface area (Å²) in [5, 5.41) is 14.5. The van der Waals surface area contributed by atoms with Gasteiger partial charge in [0.15, 0.2) is 0 Å². The summed E-state index contributed by atoms with van der Waals surface area (Å²) in [6, 6.07) is 3.78. The van der Waals surface area contributed by atoms with Gasteiger partial charge in [0.1, 0.15) is 16.9 Å². The molecule has 4 rings (SSSR count). The number of nitrogens with one attached hydrogen (secondary N) is 1. The van der Waals surface area contributed by atoms with Gasteiger partial charge in [-0.1, -0.05) is 0 Å². The first-order valence-corrected chi connectivity index (χ1v) is 9.41. The van der Waals surface area contributed by atoms with Gasteiger partial charge in [0.2, 0.25) is 5.91 Å². The monoisotopic (exact) mass is 382 g/mol. The molecule has 2 aromatic heterocycles. The minimum absolute atomic E-state index is 0.00621. The Bertz CT molecular complexity index is 1150. The number of aliphatic carboxylic acids is 1. The molecule has 0 spiro atoms. The number of carbonyl (C=O) groups is 2. The van der Waals surface area contributed by atoms with Crippen molar-refractivity contribution < 1.29 is 23.5 Å². The number of carbonyl (C=O) groups excluding carboxylic acids is 2. The highest BCUT2D eigenvalue weighted by atomic mass is 16.4. The van der Waals surface area contributed by atoms with E-state index in [1.807, 2.05) is 13.0 Å². The standard InChI is InChI=1S/C21H21NO6/c1-11-12(6-7-19(23)22-10-20(24)25)21(26)28-17-9-18-15(8-14(11)17)13-4-2-3-5-16(13)27-18/h8-9H,2-7,10H2,1H3,(H,22,23)(H,24,25)/p-1. The van der Waals surface area contributed by atoms with Crippen LogP contribution in [0.15, 0.2) is 25.8 Å². The fourth-order valence-electron chi connectivity index (χ4n) is 3.93. The number of benzene rings is 1. The van der Waals surface area contributed by atoms with Gasteiger partial charge >= 0.3 is 5.63 Å². The molecule has 0 fully saturated rings. The van der Waals surface area contributed by atoms with Crippen LogP contribution in [0.5, 0.6) is 0 Å². The summed E-state index contributed by atoms with van der Waals surface area (Å²) in [6.07, 6.45) is 4.32. The van der Waals surface area contributed by atoms with Crippen LogP contribution in [0.4, 0.5) is 0 Å². The molecule has 1 amide bonds. The van der Waals surface area contributed by atoms with Crippen LogP contribution in [0.25, 0.3) is 21.9 Å². The Morgan fingerprint density at radius 2 is 1.86 bits per heavy atom. The van der Waals surface area contributed by atoms with Gasteiger partial charge in [-0.05, 0) is 44.2 Å². The van der Waals surface area contributed by atoms with Crippen LogP contribution in [0, 0.1) is 6.92 Å². The number of hydrogen-bond acceptors (Lipinski definition) is 6. The second kappa shape index (κ2) is 7.14. The SMILES string of the molecule is Cc1c(CCC(=O)NCC(=O)[O-])c(=O)oc2cc3oc4c(c3cc12)CCCC4. The van der Waals surface area contributed by atoms with E-state index in [1.54, 1.807) is 6.07 Å². The zero-order valence-corrected chi connectivity index (χ0v) is 15.6.